The first-order valence-corrected chi connectivity index (χ1v) is 5.12. The Bertz CT molecular complexity index is 422. The predicted molar refractivity (Wildman–Crippen MR) is 58.3 cm³/mol. The van der Waals surface area contributed by atoms with E-state index in [9.17, 15) is 8.42 Å². The molecule has 15 heavy (non-hydrogen) atoms. The molecule has 0 unspecified atom stereocenters. The minimum absolute atomic E-state index is 0.542. The van der Waals surface area contributed by atoms with Crippen LogP contribution >= 0.6 is 0 Å². The maximum absolute atomic E-state index is 9.20. The molecule has 5 nitrogen and oxygen atoms in total. The molecule has 0 saturated heterocycles. The molecule has 0 aromatic heterocycles. The molecule has 82 valence electrons. The third kappa shape index (κ3) is 6.84. The summed E-state index contributed by atoms with van der Waals surface area (Å²) in [5.41, 5.74) is 1.57. The van der Waals surface area contributed by atoms with Gasteiger partial charge < -0.3 is 10.0 Å². The highest BCUT2D eigenvalue weighted by atomic mass is 32.2. The molecule has 7 heteroatoms. The quantitative estimate of drug-likeness (QED) is 0.626. The van der Waals surface area contributed by atoms with Gasteiger partial charge in [-0.3, -0.25) is 0 Å². The topological polar surface area (TPSA) is 87.0 Å². The predicted octanol–water partition coefficient (Wildman–Crippen LogP) is -0.646. The van der Waals surface area contributed by atoms with E-state index in [4.69, 9.17) is 10.0 Å². The van der Waals surface area contributed by atoms with Crippen LogP contribution in [0.3, 0.4) is 0 Å². The molecule has 0 aliphatic rings. The lowest BCUT2D eigenvalue weighted by molar-refractivity contribution is 0.425. The van der Waals surface area contributed by atoms with Gasteiger partial charge in [0.2, 0.25) is 0 Å². The molecule has 0 aliphatic heterocycles. The summed E-state index contributed by atoms with van der Waals surface area (Å²) in [6.07, 6.45) is 0. The van der Waals surface area contributed by atoms with Crippen LogP contribution in [0.5, 0.6) is 0 Å². The van der Waals surface area contributed by atoms with Gasteiger partial charge in [-0.15, -0.1) is 0 Å². The molecule has 0 fully saturated rings. The van der Waals surface area contributed by atoms with Crippen LogP contribution in [0.2, 0.25) is 0 Å². The van der Waals surface area contributed by atoms with E-state index in [2.05, 4.69) is 4.36 Å². The maximum atomic E-state index is 9.20. The molecule has 0 bridgehead atoms. The summed E-state index contributed by atoms with van der Waals surface area (Å²) in [5.74, 6) is 0. The third-order valence-corrected chi connectivity index (χ3v) is 1.79. The summed E-state index contributed by atoms with van der Waals surface area (Å²) >= 11 is 0. The highest BCUT2D eigenvalue weighted by Crippen LogP contribution is 1.92. The summed E-state index contributed by atoms with van der Waals surface area (Å²) in [5, 5.41) is 17.4. The Labute approximate surface area is 90.2 Å². The number of hydrogen-bond acceptors (Lipinski definition) is 5. The molecule has 0 amide bonds. The van der Waals surface area contributed by atoms with Crippen molar-refractivity contribution in [2.45, 2.75) is 6.92 Å². The molecular formula is C8H12BNO4S. The van der Waals surface area contributed by atoms with Crippen LogP contribution < -0.4 is 5.46 Å². The summed E-state index contributed by atoms with van der Waals surface area (Å²) in [7, 11) is -2.33. The van der Waals surface area contributed by atoms with Gasteiger partial charge in [0.1, 0.15) is 0 Å². The van der Waals surface area contributed by atoms with Crippen LogP contribution in [-0.4, -0.2) is 32.6 Å². The van der Waals surface area contributed by atoms with E-state index in [0.29, 0.717) is 5.46 Å². The van der Waals surface area contributed by atoms with E-state index in [1.54, 1.807) is 18.2 Å². The second-order valence-corrected chi connectivity index (χ2v) is 3.49. The average Bonchev–Trinajstić information content (AvgIpc) is 2.18. The fourth-order valence-corrected chi connectivity index (χ4v) is 0.831. The van der Waals surface area contributed by atoms with E-state index in [-0.39, 0.29) is 0 Å². The largest absolute Gasteiger partial charge is 0.488 e. The molecule has 0 atom stereocenters. The van der Waals surface area contributed by atoms with Gasteiger partial charge >= 0.3 is 17.6 Å². The third-order valence-electron chi connectivity index (χ3n) is 1.49. The number of nitrogens with zero attached hydrogens (tertiary/aromatic N) is 1. The Morgan fingerprint density at radius 1 is 1.33 bits per heavy atom. The van der Waals surface area contributed by atoms with E-state index in [1.165, 1.54) is 7.05 Å². The highest BCUT2D eigenvalue weighted by molar-refractivity contribution is 7.61. The molecule has 0 aliphatic carbocycles. The summed E-state index contributed by atoms with van der Waals surface area (Å²) in [4.78, 5) is 0. The van der Waals surface area contributed by atoms with Crippen molar-refractivity contribution in [1.29, 1.82) is 0 Å². The molecule has 1 aromatic rings. The fraction of sp³-hybridized carbons (Fsp3) is 0.250. The second-order valence-electron chi connectivity index (χ2n) is 2.69. The van der Waals surface area contributed by atoms with Gasteiger partial charge in [0.05, 0.1) is 0 Å². The molecule has 0 heterocycles. The van der Waals surface area contributed by atoms with Crippen LogP contribution in [0.4, 0.5) is 0 Å². The lowest BCUT2D eigenvalue weighted by Crippen LogP contribution is -2.29. The van der Waals surface area contributed by atoms with Crippen molar-refractivity contribution in [2.75, 3.05) is 7.05 Å². The monoisotopic (exact) mass is 229 g/mol. The molecule has 0 saturated carbocycles. The minimum Gasteiger partial charge on any atom is -0.423 e. The Morgan fingerprint density at radius 2 is 1.87 bits per heavy atom. The van der Waals surface area contributed by atoms with Crippen LogP contribution in [0.25, 0.3) is 0 Å². The van der Waals surface area contributed by atoms with Crippen LogP contribution in [0.15, 0.2) is 28.6 Å². The van der Waals surface area contributed by atoms with Crippen molar-refractivity contribution < 1.29 is 18.5 Å². The number of hydrogen-bond donors (Lipinski definition) is 2. The van der Waals surface area contributed by atoms with Crippen molar-refractivity contribution in [2.24, 2.45) is 4.36 Å². The minimum atomic E-state index is -2.20. The average molecular weight is 229 g/mol. The van der Waals surface area contributed by atoms with Gasteiger partial charge in [-0.1, -0.05) is 29.8 Å². The standard InChI is InChI=1S/C7H9BO2.CH3NO2S/c1-6-3-2-4-7(5-6)8(9)10;1-2-5(3)4/h2-5,9-10H,1H3;1H3. The van der Waals surface area contributed by atoms with Gasteiger partial charge in [-0.2, -0.15) is 12.8 Å². The fourth-order valence-electron chi connectivity index (χ4n) is 0.831. The van der Waals surface area contributed by atoms with Gasteiger partial charge in [0.15, 0.2) is 0 Å². The van der Waals surface area contributed by atoms with E-state index < -0.39 is 17.6 Å². The zero-order chi connectivity index (χ0) is 11.8. The zero-order valence-electron chi connectivity index (χ0n) is 8.45. The van der Waals surface area contributed by atoms with Crippen molar-refractivity contribution in [3.63, 3.8) is 0 Å². The smallest absolute Gasteiger partial charge is 0.423 e. The van der Waals surface area contributed by atoms with Crippen LogP contribution in [0, 0.1) is 6.92 Å². The van der Waals surface area contributed by atoms with Gasteiger partial charge in [-0.25, -0.2) is 0 Å². The second kappa shape index (κ2) is 7.16. The summed E-state index contributed by atoms with van der Waals surface area (Å²) < 4.78 is 21.2. The molecule has 2 N–H and O–H groups in total. The highest BCUT2D eigenvalue weighted by Gasteiger charge is 2.08. The number of aryl methyl sites for hydroxylation is 1. The van der Waals surface area contributed by atoms with Crippen molar-refractivity contribution in [3.8, 4) is 0 Å². The SMILES string of the molecule is CN=S(=O)=O.Cc1cccc(B(O)O)c1. The lowest BCUT2D eigenvalue weighted by atomic mass is 9.80. The first-order chi connectivity index (χ1) is 6.97. The Kier molecular flexibility index (Phi) is 6.60. The Morgan fingerprint density at radius 3 is 2.13 bits per heavy atom. The zero-order valence-corrected chi connectivity index (χ0v) is 9.27. The lowest BCUT2D eigenvalue weighted by Gasteiger charge is -1.98. The summed E-state index contributed by atoms with van der Waals surface area (Å²) in [6.45, 7) is 1.91. The van der Waals surface area contributed by atoms with Crippen molar-refractivity contribution in [1.82, 2.24) is 0 Å². The number of benzene rings is 1. The van der Waals surface area contributed by atoms with Crippen LogP contribution in [-0.2, 0) is 10.5 Å². The van der Waals surface area contributed by atoms with E-state index >= 15 is 0 Å². The molecular weight excluding hydrogens is 217 g/mol. The van der Waals surface area contributed by atoms with Gasteiger partial charge in [0.25, 0.3) is 0 Å². The normalized spacial score (nSPS) is 8.53. The summed E-state index contributed by atoms with van der Waals surface area (Å²) in [6, 6.07) is 7.12. The van der Waals surface area contributed by atoms with E-state index in [0.717, 1.165) is 5.56 Å². The molecule has 1 rings (SSSR count). The van der Waals surface area contributed by atoms with Gasteiger partial charge in [-0.05, 0) is 12.4 Å². The van der Waals surface area contributed by atoms with Crippen molar-refractivity contribution >= 4 is 23.1 Å². The Hall–Kier alpha value is -1.18. The molecule has 0 radical (unpaired) electrons. The first-order valence-electron chi connectivity index (χ1n) is 4.09. The number of rotatable bonds is 1. The maximum Gasteiger partial charge on any atom is 0.488 e. The molecule has 0 spiro atoms. The van der Waals surface area contributed by atoms with Crippen LogP contribution in [0.1, 0.15) is 5.56 Å². The van der Waals surface area contributed by atoms with E-state index in [1.807, 2.05) is 13.0 Å². The Balaban J connectivity index is 0.000000336. The van der Waals surface area contributed by atoms with Crippen molar-refractivity contribution in [3.05, 3.63) is 29.8 Å². The first kappa shape index (κ1) is 13.8. The van der Waals surface area contributed by atoms with Gasteiger partial charge in [0, 0.05) is 7.05 Å². The molecule has 1 aromatic carbocycles.